The van der Waals surface area contributed by atoms with Crippen LogP contribution in [0, 0.1) is 5.92 Å². The van der Waals surface area contributed by atoms with Gasteiger partial charge in [-0.05, 0) is 18.6 Å². The third kappa shape index (κ3) is 3.67. The summed E-state index contributed by atoms with van der Waals surface area (Å²) in [6.07, 6.45) is 5.55. The maximum absolute atomic E-state index is 12.5. The van der Waals surface area contributed by atoms with Gasteiger partial charge in [-0.25, -0.2) is 4.68 Å². The smallest absolute Gasteiger partial charge is 0.230 e. The number of aryl methyl sites for hydroxylation is 1. The number of carbonyl (C=O) groups excluding carboxylic acids is 2. The van der Waals surface area contributed by atoms with Crippen LogP contribution in [0.2, 0.25) is 0 Å². The highest BCUT2D eigenvalue weighted by molar-refractivity contribution is 5.96. The molecule has 0 aromatic carbocycles. The van der Waals surface area contributed by atoms with E-state index in [0.29, 0.717) is 18.9 Å². The van der Waals surface area contributed by atoms with E-state index in [1.54, 1.807) is 34.2 Å². The minimum absolute atomic E-state index is 0.0222. The highest BCUT2D eigenvalue weighted by atomic mass is 16.3. The van der Waals surface area contributed by atoms with E-state index in [1.807, 2.05) is 6.07 Å². The molecule has 128 valence electrons. The van der Waals surface area contributed by atoms with Gasteiger partial charge in [0.15, 0.2) is 0 Å². The molecule has 1 aliphatic rings. The predicted octanol–water partition coefficient (Wildman–Crippen LogP) is 2.26. The molecule has 0 radical (unpaired) electrons. The number of nitrogens with zero attached hydrogens (tertiary/aromatic N) is 3. The van der Waals surface area contributed by atoms with E-state index in [1.165, 1.54) is 0 Å². The Labute approximate surface area is 140 Å². The fraction of sp³-hybridized carbons (Fsp3) is 0.471. The predicted molar refractivity (Wildman–Crippen MR) is 88.0 cm³/mol. The molecule has 3 rings (SSSR count). The SMILES string of the molecule is CCCCn1nccc1NC(=O)C1CC(=O)N(Cc2ccco2)C1. The summed E-state index contributed by atoms with van der Waals surface area (Å²) in [5.74, 6) is 0.906. The van der Waals surface area contributed by atoms with E-state index in [0.717, 1.165) is 25.1 Å². The first-order valence-electron chi connectivity index (χ1n) is 8.30. The van der Waals surface area contributed by atoms with Crippen LogP contribution in [0.5, 0.6) is 0 Å². The molecule has 2 aromatic rings. The highest BCUT2D eigenvalue weighted by Gasteiger charge is 2.34. The first-order chi connectivity index (χ1) is 11.7. The van der Waals surface area contributed by atoms with Crippen molar-refractivity contribution < 1.29 is 14.0 Å². The van der Waals surface area contributed by atoms with E-state index in [-0.39, 0.29) is 24.2 Å². The molecule has 1 aliphatic heterocycles. The Kier molecular flexibility index (Phi) is 4.98. The van der Waals surface area contributed by atoms with Gasteiger partial charge in [-0.3, -0.25) is 9.59 Å². The summed E-state index contributed by atoms with van der Waals surface area (Å²) in [5.41, 5.74) is 0. The lowest BCUT2D eigenvalue weighted by Gasteiger charge is -2.15. The third-order valence-electron chi connectivity index (χ3n) is 4.20. The average Bonchev–Trinajstić information content (AvgIpc) is 3.29. The first kappa shape index (κ1) is 16.3. The molecule has 2 amide bonds. The Morgan fingerprint density at radius 1 is 1.46 bits per heavy atom. The zero-order valence-corrected chi connectivity index (χ0v) is 13.8. The summed E-state index contributed by atoms with van der Waals surface area (Å²) in [5, 5.41) is 7.13. The first-order valence-corrected chi connectivity index (χ1v) is 8.30. The fourth-order valence-electron chi connectivity index (χ4n) is 2.84. The molecule has 3 heterocycles. The monoisotopic (exact) mass is 330 g/mol. The molecule has 0 spiro atoms. The highest BCUT2D eigenvalue weighted by Crippen LogP contribution is 2.22. The topological polar surface area (TPSA) is 80.4 Å². The molecular formula is C17H22N4O3. The molecule has 7 nitrogen and oxygen atoms in total. The van der Waals surface area contributed by atoms with Gasteiger partial charge >= 0.3 is 0 Å². The number of nitrogens with one attached hydrogen (secondary N) is 1. The van der Waals surface area contributed by atoms with Gasteiger partial charge in [0, 0.05) is 25.6 Å². The van der Waals surface area contributed by atoms with Gasteiger partial charge < -0.3 is 14.6 Å². The number of hydrogen-bond acceptors (Lipinski definition) is 4. The second kappa shape index (κ2) is 7.33. The lowest BCUT2D eigenvalue weighted by molar-refractivity contribution is -0.128. The second-order valence-corrected chi connectivity index (χ2v) is 6.04. The molecule has 1 saturated heterocycles. The van der Waals surface area contributed by atoms with E-state index in [2.05, 4.69) is 17.3 Å². The van der Waals surface area contributed by atoms with Crippen LogP contribution in [-0.2, 0) is 22.7 Å². The van der Waals surface area contributed by atoms with E-state index in [9.17, 15) is 9.59 Å². The number of hydrogen-bond donors (Lipinski definition) is 1. The number of likely N-dealkylation sites (tertiary alicyclic amines) is 1. The number of rotatable bonds is 7. The Morgan fingerprint density at radius 3 is 3.08 bits per heavy atom. The summed E-state index contributed by atoms with van der Waals surface area (Å²) in [7, 11) is 0. The summed E-state index contributed by atoms with van der Waals surface area (Å²) < 4.78 is 7.06. The van der Waals surface area contributed by atoms with Gasteiger partial charge in [0.1, 0.15) is 11.6 Å². The van der Waals surface area contributed by atoms with Crippen molar-refractivity contribution in [3.63, 3.8) is 0 Å². The van der Waals surface area contributed by atoms with Crippen molar-refractivity contribution in [2.75, 3.05) is 11.9 Å². The number of carbonyl (C=O) groups is 2. The average molecular weight is 330 g/mol. The van der Waals surface area contributed by atoms with Crippen LogP contribution in [0.25, 0.3) is 0 Å². The van der Waals surface area contributed by atoms with Crippen molar-refractivity contribution >= 4 is 17.6 Å². The second-order valence-electron chi connectivity index (χ2n) is 6.04. The van der Waals surface area contributed by atoms with Crippen molar-refractivity contribution in [3.05, 3.63) is 36.4 Å². The lowest BCUT2D eigenvalue weighted by atomic mass is 10.1. The van der Waals surface area contributed by atoms with Gasteiger partial charge in [0.2, 0.25) is 11.8 Å². The number of amides is 2. The minimum Gasteiger partial charge on any atom is -0.467 e. The normalized spacial score (nSPS) is 17.5. The van der Waals surface area contributed by atoms with Gasteiger partial charge in [0.05, 0.1) is 24.9 Å². The maximum atomic E-state index is 12.5. The van der Waals surface area contributed by atoms with Crippen LogP contribution >= 0.6 is 0 Å². The van der Waals surface area contributed by atoms with Gasteiger partial charge in [-0.15, -0.1) is 0 Å². The van der Waals surface area contributed by atoms with Crippen molar-refractivity contribution in [3.8, 4) is 0 Å². The molecule has 24 heavy (non-hydrogen) atoms. The molecule has 2 aromatic heterocycles. The van der Waals surface area contributed by atoms with E-state index >= 15 is 0 Å². The van der Waals surface area contributed by atoms with Crippen molar-refractivity contribution in [1.82, 2.24) is 14.7 Å². The Balaban J connectivity index is 1.58. The zero-order valence-electron chi connectivity index (χ0n) is 13.8. The summed E-state index contributed by atoms with van der Waals surface area (Å²) >= 11 is 0. The van der Waals surface area contributed by atoms with Crippen LogP contribution in [-0.4, -0.2) is 33.0 Å². The van der Waals surface area contributed by atoms with Crippen LogP contribution < -0.4 is 5.32 Å². The van der Waals surface area contributed by atoms with Crippen molar-refractivity contribution in [1.29, 1.82) is 0 Å². The molecule has 7 heteroatoms. The Bertz CT molecular complexity index is 693. The summed E-state index contributed by atoms with van der Waals surface area (Å²) in [6, 6.07) is 5.40. The standard InChI is InChI=1S/C17H22N4O3/c1-2-3-8-21-15(6-7-18-21)19-17(23)13-10-16(22)20(11-13)12-14-5-4-9-24-14/h4-7,9,13H,2-3,8,10-12H2,1H3,(H,19,23). The largest absolute Gasteiger partial charge is 0.467 e. The zero-order chi connectivity index (χ0) is 16.9. The quantitative estimate of drug-likeness (QED) is 0.844. The number of aromatic nitrogens is 2. The van der Waals surface area contributed by atoms with Crippen LogP contribution in [0.4, 0.5) is 5.82 Å². The van der Waals surface area contributed by atoms with Gasteiger partial charge in [-0.2, -0.15) is 5.10 Å². The maximum Gasteiger partial charge on any atom is 0.230 e. The summed E-state index contributed by atoms with van der Waals surface area (Å²) in [4.78, 5) is 26.3. The number of unbranched alkanes of at least 4 members (excludes halogenated alkanes) is 1. The molecule has 0 aliphatic carbocycles. The summed E-state index contributed by atoms with van der Waals surface area (Å²) in [6.45, 7) is 3.70. The van der Waals surface area contributed by atoms with Crippen LogP contribution in [0.3, 0.4) is 0 Å². The van der Waals surface area contributed by atoms with Gasteiger partial charge in [-0.1, -0.05) is 13.3 Å². The van der Waals surface area contributed by atoms with E-state index in [4.69, 9.17) is 4.42 Å². The third-order valence-corrected chi connectivity index (χ3v) is 4.20. The Morgan fingerprint density at radius 2 is 2.33 bits per heavy atom. The molecule has 1 N–H and O–H groups in total. The fourth-order valence-corrected chi connectivity index (χ4v) is 2.84. The molecule has 1 fully saturated rings. The lowest BCUT2D eigenvalue weighted by Crippen LogP contribution is -2.28. The molecular weight excluding hydrogens is 308 g/mol. The van der Waals surface area contributed by atoms with Crippen molar-refractivity contribution in [2.24, 2.45) is 5.92 Å². The minimum atomic E-state index is -0.345. The van der Waals surface area contributed by atoms with Crippen LogP contribution in [0.15, 0.2) is 35.1 Å². The molecule has 0 saturated carbocycles. The molecule has 0 bridgehead atoms. The molecule has 1 unspecified atom stereocenters. The van der Waals surface area contributed by atoms with Crippen molar-refractivity contribution in [2.45, 2.75) is 39.3 Å². The number of furan rings is 1. The van der Waals surface area contributed by atoms with E-state index < -0.39 is 0 Å². The van der Waals surface area contributed by atoms with Gasteiger partial charge in [0.25, 0.3) is 0 Å². The van der Waals surface area contributed by atoms with Crippen LogP contribution in [0.1, 0.15) is 31.9 Å². The molecule has 1 atom stereocenters. The Hall–Kier alpha value is -2.57. The number of anilines is 1.